The van der Waals surface area contributed by atoms with E-state index < -0.39 is 0 Å². The van der Waals surface area contributed by atoms with Crippen molar-refractivity contribution in [3.8, 4) is 0 Å². The lowest BCUT2D eigenvalue weighted by molar-refractivity contribution is 0.399. The van der Waals surface area contributed by atoms with Crippen LogP contribution in [0.1, 0.15) is 27.2 Å². The number of rotatable bonds is 2. The van der Waals surface area contributed by atoms with Crippen molar-refractivity contribution >= 4 is 0 Å². The molecule has 1 heterocycles. The Morgan fingerprint density at radius 3 is 2.73 bits per heavy atom. The summed E-state index contributed by atoms with van der Waals surface area (Å²) in [7, 11) is 0. The molecule has 0 amide bonds. The van der Waals surface area contributed by atoms with Gasteiger partial charge < -0.3 is 5.32 Å². The molecule has 0 aliphatic carbocycles. The fourth-order valence-electron chi connectivity index (χ4n) is 1.16. The summed E-state index contributed by atoms with van der Waals surface area (Å²) in [4.78, 5) is 0. The van der Waals surface area contributed by atoms with Gasteiger partial charge in [0.25, 0.3) is 0 Å². The van der Waals surface area contributed by atoms with Crippen molar-refractivity contribution in [2.45, 2.75) is 27.2 Å². The van der Waals surface area contributed by atoms with E-state index in [1.165, 1.54) is 12.0 Å². The molecule has 0 fully saturated rings. The van der Waals surface area contributed by atoms with Gasteiger partial charge >= 0.3 is 0 Å². The normalized spacial score (nSPS) is 19.0. The van der Waals surface area contributed by atoms with Gasteiger partial charge in [0.05, 0.1) is 6.67 Å². The fraction of sp³-hybridized carbons (Fsp3) is 0.778. The molecule has 0 aromatic heterocycles. The zero-order valence-electron chi connectivity index (χ0n) is 7.70. The Hall–Kier alpha value is -0.500. The maximum absolute atomic E-state index is 3.30. The molecular weight excluding hydrogens is 136 g/mol. The molecule has 2 nitrogen and oxygen atoms in total. The maximum Gasteiger partial charge on any atom is 0.0650 e. The largest absolute Gasteiger partial charge is 0.378 e. The molecule has 0 radical (unpaired) electrons. The van der Waals surface area contributed by atoms with Crippen LogP contribution in [0.4, 0.5) is 0 Å². The van der Waals surface area contributed by atoms with Crippen LogP contribution in [0.25, 0.3) is 0 Å². The van der Waals surface area contributed by atoms with Gasteiger partial charge in [-0.15, -0.1) is 0 Å². The zero-order valence-corrected chi connectivity index (χ0v) is 7.70. The number of nitrogens with one attached hydrogen (secondary N) is 2. The standard InChI is InChI=1S/C9H18N2/c1-4-9(2,3)8-5-10-7-11-6-8/h5,10-11H,4,6-7H2,1-3H3. The molecule has 1 aliphatic rings. The predicted molar refractivity (Wildman–Crippen MR) is 48.2 cm³/mol. The van der Waals surface area contributed by atoms with Crippen LogP contribution in [-0.4, -0.2) is 13.2 Å². The molecular formula is C9H18N2. The third kappa shape index (κ3) is 1.96. The van der Waals surface area contributed by atoms with E-state index in [-0.39, 0.29) is 0 Å². The lowest BCUT2D eigenvalue weighted by atomic mass is 9.82. The van der Waals surface area contributed by atoms with Gasteiger partial charge in [-0.1, -0.05) is 20.8 Å². The minimum absolute atomic E-state index is 0.348. The van der Waals surface area contributed by atoms with Crippen molar-refractivity contribution < 1.29 is 0 Å². The molecule has 2 N–H and O–H groups in total. The molecule has 1 rings (SSSR count). The van der Waals surface area contributed by atoms with Crippen molar-refractivity contribution in [1.29, 1.82) is 0 Å². The lowest BCUT2D eigenvalue weighted by Crippen LogP contribution is -2.36. The van der Waals surface area contributed by atoms with E-state index in [1.54, 1.807) is 0 Å². The molecule has 2 heteroatoms. The minimum Gasteiger partial charge on any atom is -0.378 e. The topological polar surface area (TPSA) is 24.1 Å². The van der Waals surface area contributed by atoms with E-state index in [9.17, 15) is 0 Å². The van der Waals surface area contributed by atoms with Crippen LogP contribution >= 0.6 is 0 Å². The average Bonchev–Trinajstić information content (AvgIpc) is 2.06. The quantitative estimate of drug-likeness (QED) is 0.629. The third-order valence-corrected chi connectivity index (χ3v) is 2.57. The molecule has 0 saturated carbocycles. The molecule has 0 atom stereocenters. The van der Waals surface area contributed by atoms with E-state index in [0.29, 0.717) is 5.41 Å². The molecule has 64 valence electrons. The second-order valence-corrected chi connectivity index (χ2v) is 3.71. The first-order chi connectivity index (χ1) is 5.17. The first-order valence-corrected chi connectivity index (χ1v) is 4.30. The molecule has 0 spiro atoms. The highest BCUT2D eigenvalue weighted by Gasteiger charge is 2.21. The second-order valence-electron chi connectivity index (χ2n) is 3.71. The Bertz CT molecular complexity index is 159. The van der Waals surface area contributed by atoms with Gasteiger partial charge in [0, 0.05) is 6.54 Å². The molecule has 0 aromatic rings. The zero-order chi connectivity index (χ0) is 8.32. The fourth-order valence-corrected chi connectivity index (χ4v) is 1.16. The van der Waals surface area contributed by atoms with Gasteiger partial charge in [-0.25, -0.2) is 0 Å². The first kappa shape index (κ1) is 8.60. The number of hydrogen-bond donors (Lipinski definition) is 2. The van der Waals surface area contributed by atoms with E-state index in [1.807, 2.05) is 0 Å². The average molecular weight is 154 g/mol. The van der Waals surface area contributed by atoms with Gasteiger partial charge in [0.1, 0.15) is 0 Å². The van der Waals surface area contributed by atoms with Crippen molar-refractivity contribution in [3.05, 3.63) is 11.8 Å². The van der Waals surface area contributed by atoms with Gasteiger partial charge in [-0.2, -0.15) is 0 Å². The predicted octanol–water partition coefficient (Wildman–Crippen LogP) is 1.46. The minimum atomic E-state index is 0.348. The lowest BCUT2D eigenvalue weighted by Gasteiger charge is -2.29. The summed E-state index contributed by atoms with van der Waals surface area (Å²) in [5.74, 6) is 0. The summed E-state index contributed by atoms with van der Waals surface area (Å²) in [6, 6.07) is 0. The van der Waals surface area contributed by atoms with E-state index >= 15 is 0 Å². The Kier molecular flexibility index (Phi) is 2.55. The summed E-state index contributed by atoms with van der Waals surface area (Å²) in [5.41, 5.74) is 1.83. The SMILES string of the molecule is CCC(C)(C)C1=CNCNC1. The van der Waals surface area contributed by atoms with Crippen LogP contribution in [0.5, 0.6) is 0 Å². The van der Waals surface area contributed by atoms with Crippen LogP contribution in [0.3, 0.4) is 0 Å². The highest BCUT2D eigenvalue weighted by Crippen LogP contribution is 2.29. The Morgan fingerprint density at radius 1 is 1.55 bits per heavy atom. The number of hydrogen-bond acceptors (Lipinski definition) is 2. The van der Waals surface area contributed by atoms with Gasteiger partial charge in [0.15, 0.2) is 0 Å². The van der Waals surface area contributed by atoms with E-state index in [0.717, 1.165) is 13.2 Å². The second kappa shape index (κ2) is 3.26. The van der Waals surface area contributed by atoms with Gasteiger partial charge in [-0.05, 0) is 23.6 Å². The van der Waals surface area contributed by atoms with Crippen LogP contribution in [-0.2, 0) is 0 Å². The molecule has 0 saturated heterocycles. The van der Waals surface area contributed by atoms with Crippen molar-refractivity contribution in [2.75, 3.05) is 13.2 Å². The van der Waals surface area contributed by atoms with Crippen LogP contribution < -0.4 is 10.6 Å². The molecule has 0 unspecified atom stereocenters. The monoisotopic (exact) mass is 154 g/mol. The van der Waals surface area contributed by atoms with Crippen molar-refractivity contribution in [3.63, 3.8) is 0 Å². The van der Waals surface area contributed by atoms with Gasteiger partial charge in [-0.3, -0.25) is 5.32 Å². The van der Waals surface area contributed by atoms with Crippen LogP contribution in [0.15, 0.2) is 11.8 Å². The van der Waals surface area contributed by atoms with Gasteiger partial charge in [0.2, 0.25) is 0 Å². The summed E-state index contributed by atoms with van der Waals surface area (Å²) in [5, 5.41) is 6.50. The van der Waals surface area contributed by atoms with E-state index in [2.05, 4.69) is 37.6 Å². The molecule has 0 bridgehead atoms. The smallest absolute Gasteiger partial charge is 0.0650 e. The summed E-state index contributed by atoms with van der Waals surface area (Å²) in [6.45, 7) is 8.74. The summed E-state index contributed by atoms with van der Waals surface area (Å²) in [6.07, 6.45) is 3.35. The summed E-state index contributed by atoms with van der Waals surface area (Å²) < 4.78 is 0. The van der Waals surface area contributed by atoms with Crippen LogP contribution in [0.2, 0.25) is 0 Å². The highest BCUT2D eigenvalue weighted by molar-refractivity contribution is 5.14. The maximum atomic E-state index is 3.30. The Balaban J connectivity index is 2.64. The Morgan fingerprint density at radius 2 is 2.27 bits per heavy atom. The first-order valence-electron chi connectivity index (χ1n) is 4.30. The molecule has 1 aliphatic heterocycles. The van der Waals surface area contributed by atoms with Crippen molar-refractivity contribution in [1.82, 2.24) is 10.6 Å². The summed E-state index contributed by atoms with van der Waals surface area (Å²) >= 11 is 0. The molecule has 0 aromatic carbocycles. The molecule has 11 heavy (non-hydrogen) atoms. The highest BCUT2D eigenvalue weighted by atomic mass is 15.1. The van der Waals surface area contributed by atoms with Crippen molar-refractivity contribution in [2.24, 2.45) is 5.41 Å². The van der Waals surface area contributed by atoms with Crippen LogP contribution in [0, 0.1) is 5.41 Å². The van der Waals surface area contributed by atoms with E-state index in [4.69, 9.17) is 0 Å². The third-order valence-electron chi connectivity index (χ3n) is 2.57. The Labute approximate surface area is 69.1 Å².